The lowest BCUT2D eigenvalue weighted by Crippen LogP contribution is -2.55. The maximum atomic E-state index is 10.9. The molecule has 2 heterocycles. The van der Waals surface area contributed by atoms with Crippen LogP contribution in [0.2, 0.25) is 0 Å². The molecular weight excluding hydrogens is 288 g/mol. The summed E-state index contributed by atoms with van der Waals surface area (Å²) >= 11 is 1.21. The van der Waals surface area contributed by atoms with Gasteiger partial charge in [0.1, 0.15) is 29.8 Å². The average molecular weight is 306 g/mol. The van der Waals surface area contributed by atoms with Crippen molar-refractivity contribution in [3.63, 3.8) is 0 Å². The lowest BCUT2D eigenvalue weighted by molar-refractivity contribution is -0.164. The molecule has 6 atom stereocenters. The average Bonchev–Trinajstić information content (AvgIpc) is 2.85. The SMILES string of the molecule is CC(C1=N[C@@H]2[C@@H](O)[C@H](O)[C@@H](CO)O[C@@H]2S1)N(C)C(=O)O. The van der Waals surface area contributed by atoms with E-state index in [4.69, 9.17) is 14.9 Å². The monoisotopic (exact) mass is 306 g/mol. The predicted octanol–water partition coefficient (Wildman–Crippen LogP) is -1.06. The Kier molecular flexibility index (Phi) is 4.55. The first-order chi connectivity index (χ1) is 9.36. The number of nitrogens with zero attached hydrogens (tertiary/aromatic N) is 2. The second-order valence-electron chi connectivity index (χ2n) is 4.85. The highest BCUT2D eigenvalue weighted by Gasteiger charge is 2.48. The van der Waals surface area contributed by atoms with Gasteiger partial charge in [-0.3, -0.25) is 4.99 Å². The third kappa shape index (κ3) is 2.63. The van der Waals surface area contributed by atoms with Gasteiger partial charge >= 0.3 is 6.09 Å². The Bertz CT molecular complexity index is 420. The van der Waals surface area contributed by atoms with Crippen LogP contribution in [0, 0.1) is 0 Å². The summed E-state index contributed by atoms with van der Waals surface area (Å²) in [5, 5.41) is 38.4. The highest BCUT2D eigenvalue weighted by Crippen LogP contribution is 2.37. The van der Waals surface area contributed by atoms with Crippen LogP contribution in [0.15, 0.2) is 4.99 Å². The Morgan fingerprint density at radius 3 is 2.70 bits per heavy atom. The van der Waals surface area contributed by atoms with Gasteiger partial charge in [-0.05, 0) is 6.92 Å². The molecule has 1 unspecified atom stereocenters. The van der Waals surface area contributed by atoms with Crippen LogP contribution in [-0.4, -0.2) is 85.9 Å². The second kappa shape index (κ2) is 5.86. The van der Waals surface area contributed by atoms with E-state index in [0.29, 0.717) is 5.04 Å². The van der Waals surface area contributed by atoms with Gasteiger partial charge in [-0.15, -0.1) is 0 Å². The number of fused-ring (bicyclic) bond motifs is 1. The van der Waals surface area contributed by atoms with Crippen molar-refractivity contribution in [3.05, 3.63) is 0 Å². The first kappa shape index (κ1) is 15.5. The van der Waals surface area contributed by atoms with Crippen molar-refractivity contribution in [2.24, 2.45) is 4.99 Å². The highest BCUT2D eigenvalue weighted by molar-refractivity contribution is 8.14. The smallest absolute Gasteiger partial charge is 0.407 e. The van der Waals surface area contributed by atoms with E-state index in [2.05, 4.69) is 4.99 Å². The minimum atomic E-state index is -1.21. The Hall–Kier alpha value is -0.870. The summed E-state index contributed by atoms with van der Waals surface area (Å²) in [5.41, 5.74) is -0.523. The molecule has 114 valence electrons. The molecule has 0 saturated carbocycles. The molecular formula is C11H18N2O6S. The first-order valence-corrected chi connectivity index (χ1v) is 7.07. The van der Waals surface area contributed by atoms with Gasteiger partial charge in [0.05, 0.1) is 17.7 Å². The van der Waals surface area contributed by atoms with Crippen LogP contribution < -0.4 is 0 Å². The van der Waals surface area contributed by atoms with Crippen LogP contribution in [0.1, 0.15) is 6.92 Å². The van der Waals surface area contributed by atoms with Crippen molar-refractivity contribution < 1.29 is 30.0 Å². The summed E-state index contributed by atoms with van der Waals surface area (Å²) in [5.74, 6) is 0. The van der Waals surface area contributed by atoms with E-state index in [0.717, 1.165) is 4.90 Å². The van der Waals surface area contributed by atoms with Crippen LogP contribution >= 0.6 is 11.8 Å². The molecule has 0 spiro atoms. The molecule has 1 fully saturated rings. The van der Waals surface area contributed by atoms with Crippen LogP contribution in [0.5, 0.6) is 0 Å². The molecule has 9 heteroatoms. The Morgan fingerprint density at radius 1 is 1.50 bits per heavy atom. The molecule has 0 radical (unpaired) electrons. The van der Waals surface area contributed by atoms with Crippen molar-refractivity contribution in [2.45, 2.75) is 42.8 Å². The third-order valence-corrected chi connectivity index (χ3v) is 4.91. The molecule has 2 aliphatic rings. The summed E-state index contributed by atoms with van der Waals surface area (Å²) < 4.78 is 5.49. The fourth-order valence-corrected chi connectivity index (χ4v) is 3.47. The van der Waals surface area contributed by atoms with Crippen LogP contribution in [0.4, 0.5) is 4.79 Å². The highest BCUT2D eigenvalue weighted by atomic mass is 32.2. The minimum absolute atomic E-state index is 0.401. The van der Waals surface area contributed by atoms with Crippen molar-refractivity contribution in [1.82, 2.24) is 4.90 Å². The Morgan fingerprint density at radius 2 is 2.15 bits per heavy atom. The molecule has 0 aromatic heterocycles. The standard InChI is InChI=1S/C11H18N2O6S/c1-4(13(2)11(17)18)9-12-6-8(16)7(15)5(3-14)19-10(6)20-9/h4-8,10,14-16H,3H2,1-2H3,(H,17,18)/t4?,5-,6-,7-,8-,10-/m1/s1. The van der Waals surface area contributed by atoms with Crippen molar-refractivity contribution in [2.75, 3.05) is 13.7 Å². The van der Waals surface area contributed by atoms with Crippen LogP contribution in [0.25, 0.3) is 0 Å². The van der Waals surface area contributed by atoms with E-state index < -0.39 is 48.5 Å². The quantitative estimate of drug-likeness (QED) is 0.524. The maximum Gasteiger partial charge on any atom is 0.407 e. The van der Waals surface area contributed by atoms with Crippen molar-refractivity contribution in [3.8, 4) is 0 Å². The molecule has 0 aromatic carbocycles. The zero-order chi connectivity index (χ0) is 15.0. The van der Waals surface area contributed by atoms with Gasteiger partial charge in [-0.25, -0.2) is 4.79 Å². The molecule has 2 aliphatic heterocycles. The molecule has 20 heavy (non-hydrogen) atoms. The molecule has 0 aliphatic carbocycles. The van der Waals surface area contributed by atoms with Gasteiger partial charge in [-0.2, -0.15) is 0 Å². The number of carboxylic acid groups (broad SMARTS) is 1. The fraction of sp³-hybridized carbons (Fsp3) is 0.818. The summed E-state index contributed by atoms with van der Waals surface area (Å²) in [7, 11) is 1.43. The van der Waals surface area contributed by atoms with Crippen molar-refractivity contribution in [1.29, 1.82) is 0 Å². The number of hydrogen-bond acceptors (Lipinski definition) is 7. The summed E-state index contributed by atoms with van der Waals surface area (Å²) in [4.78, 5) is 16.3. The van der Waals surface area contributed by atoms with E-state index in [-0.39, 0.29) is 0 Å². The molecule has 0 aromatic rings. The number of aliphatic imine (C=N–C) groups is 1. The van der Waals surface area contributed by atoms with Gasteiger partial charge in [0, 0.05) is 7.05 Å². The van der Waals surface area contributed by atoms with Gasteiger partial charge in [0.2, 0.25) is 0 Å². The zero-order valence-corrected chi connectivity index (χ0v) is 11.9. The van der Waals surface area contributed by atoms with Gasteiger partial charge in [0.25, 0.3) is 0 Å². The number of rotatable bonds is 3. The van der Waals surface area contributed by atoms with Gasteiger partial charge < -0.3 is 30.1 Å². The number of aliphatic hydroxyl groups excluding tert-OH is 3. The lowest BCUT2D eigenvalue weighted by atomic mass is 9.99. The molecule has 0 bridgehead atoms. The molecule has 4 N–H and O–H groups in total. The van der Waals surface area contributed by atoms with Gasteiger partial charge in [-0.1, -0.05) is 11.8 Å². The number of carbonyl (C=O) groups is 1. The van der Waals surface area contributed by atoms with Crippen molar-refractivity contribution >= 4 is 22.9 Å². The largest absolute Gasteiger partial charge is 0.465 e. The molecule has 1 saturated heterocycles. The molecule has 1 amide bonds. The van der Waals surface area contributed by atoms with Crippen LogP contribution in [0.3, 0.4) is 0 Å². The maximum absolute atomic E-state index is 10.9. The summed E-state index contributed by atoms with van der Waals surface area (Å²) in [6.45, 7) is 1.28. The number of hydrogen-bond donors (Lipinski definition) is 4. The summed E-state index contributed by atoms with van der Waals surface area (Å²) in [6.07, 6.45) is -4.29. The number of aliphatic hydroxyl groups is 3. The normalized spacial score (nSPS) is 38.0. The minimum Gasteiger partial charge on any atom is -0.465 e. The van der Waals surface area contributed by atoms with Gasteiger partial charge in [0.15, 0.2) is 0 Å². The second-order valence-corrected chi connectivity index (χ2v) is 5.97. The van der Waals surface area contributed by atoms with E-state index in [1.165, 1.54) is 18.8 Å². The van der Waals surface area contributed by atoms with E-state index in [1.807, 2.05) is 0 Å². The fourth-order valence-electron chi connectivity index (χ4n) is 2.14. The topological polar surface area (TPSA) is 123 Å². The third-order valence-electron chi connectivity index (χ3n) is 3.60. The zero-order valence-electron chi connectivity index (χ0n) is 11.1. The Labute approximate surface area is 120 Å². The Balaban J connectivity index is 2.13. The van der Waals surface area contributed by atoms with Crippen LogP contribution in [-0.2, 0) is 4.74 Å². The number of amides is 1. The molecule has 8 nitrogen and oxygen atoms in total. The summed E-state index contributed by atoms with van der Waals surface area (Å²) in [6, 6.07) is -1.12. The van der Waals surface area contributed by atoms with E-state index in [9.17, 15) is 15.0 Å². The lowest BCUT2D eigenvalue weighted by Gasteiger charge is -2.37. The van der Waals surface area contributed by atoms with E-state index >= 15 is 0 Å². The number of thioether (sulfide) groups is 1. The predicted molar refractivity (Wildman–Crippen MR) is 71.8 cm³/mol. The van der Waals surface area contributed by atoms with E-state index in [1.54, 1.807) is 6.92 Å². The number of ether oxygens (including phenoxy) is 1. The first-order valence-electron chi connectivity index (χ1n) is 6.19. The molecule has 2 rings (SSSR count).